The van der Waals surface area contributed by atoms with Crippen molar-refractivity contribution in [1.82, 2.24) is 0 Å². The molecular weight excluding hydrogens is 280 g/mol. The van der Waals surface area contributed by atoms with Crippen LogP contribution in [0.25, 0.3) is 0 Å². The molecule has 2 N–H and O–H groups in total. The van der Waals surface area contributed by atoms with E-state index in [-0.39, 0.29) is 23.9 Å². The Morgan fingerprint density at radius 2 is 2.35 bits per heavy atom. The monoisotopic (exact) mass is 300 g/mol. The van der Waals surface area contributed by atoms with Gasteiger partial charge >= 0.3 is 5.97 Å². The maximum absolute atomic E-state index is 11.3. The first-order valence-electron chi connectivity index (χ1n) is 7.03. The summed E-state index contributed by atoms with van der Waals surface area (Å²) in [6.07, 6.45) is 6.34. The van der Waals surface area contributed by atoms with E-state index in [1.165, 1.54) is 0 Å². The third kappa shape index (κ3) is 3.84. The molecule has 1 saturated heterocycles. The molecule has 20 heavy (non-hydrogen) atoms. The summed E-state index contributed by atoms with van der Waals surface area (Å²) >= 11 is 5.72. The van der Waals surface area contributed by atoms with Gasteiger partial charge in [-0.15, -0.1) is 0 Å². The van der Waals surface area contributed by atoms with E-state index in [0.717, 1.165) is 5.03 Å². The molecule has 112 valence electrons. The first kappa shape index (κ1) is 15.5. The summed E-state index contributed by atoms with van der Waals surface area (Å²) in [6.45, 7) is 1.80. The number of rotatable bonds is 5. The van der Waals surface area contributed by atoms with Crippen molar-refractivity contribution in [2.75, 3.05) is 0 Å². The second-order valence-electron chi connectivity index (χ2n) is 5.60. The third-order valence-electron chi connectivity index (χ3n) is 4.02. The Morgan fingerprint density at radius 3 is 3.05 bits per heavy atom. The molecule has 2 rings (SSSR count). The molecule has 4 nitrogen and oxygen atoms in total. The fourth-order valence-corrected chi connectivity index (χ4v) is 3.10. The molecule has 0 aromatic rings. The molecule has 0 unspecified atom stereocenters. The Bertz CT molecular complexity index is 414. The highest BCUT2D eigenvalue weighted by molar-refractivity contribution is 6.29. The summed E-state index contributed by atoms with van der Waals surface area (Å²) in [4.78, 5) is 11.3. The molecule has 0 spiro atoms. The van der Waals surface area contributed by atoms with E-state index >= 15 is 0 Å². The van der Waals surface area contributed by atoms with Crippen molar-refractivity contribution in [3.8, 4) is 0 Å². The molecule has 1 aliphatic carbocycles. The number of halogens is 1. The highest BCUT2D eigenvalue weighted by atomic mass is 35.5. The van der Waals surface area contributed by atoms with Gasteiger partial charge in [0.15, 0.2) is 0 Å². The van der Waals surface area contributed by atoms with Gasteiger partial charge in [0.1, 0.15) is 6.10 Å². The second kappa shape index (κ2) is 6.74. The topological polar surface area (TPSA) is 66.8 Å². The van der Waals surface area contributed by atoms with Crippen LogP contribution in [0, 0.1) is 11.8 Å². The molecule has 1 heterocycles. The fraction of sp³-hybridized carbons (Fsp3) is 0.667. The lowest BCUT2D eigenvalue weighted by Gasteiger charge is -2.15. The molecule has 1 saturated carbocycles. The highest BCUT2D eigenvalue weighted by Gasteiger charge is 2.48. The van der Waals surface area contributed by atoms with Crippen LogP contribution in [0.5, 0.6) is 0 Å². The SMILES string of the molecule is C/C(Cl)=C/CC[C@H](O)/C=C/[C@@H]1[C@H]2CC(=O)O[C@H]2C[C@H]1O. The standard InChI is InChI=1S/C15H21ClO4/c1-9(16)3-2-4-10(17)5-6-11-12-7-15(19)20-14(12)8-13(11)18/h3,5-6,10-14,17-18H,2,4,7-8H2,1H3/b6-5+,9-3-/t10-,11+,12+,13+,14-/m0/s1. The van der Waals surface area contributed by atoms with Crippen LogP contribution >= 0.6 is 11.6 Å². The number of carbonyl (C=O) groups excluding carboxylic acids is 1. The number of esters is 1. The highest BCUT2D eigenvalue weighted by Crippen LogP contribution is 2.42. The normalized spacial score (nSPS) is 35.4. The molecule has 0 radical (unpaired) electrons. The molecule has 0 bridgehead atoms. The number of carbonyl (C=O) groups is 1. The molecule has 5 heteroatoms. The lowest BCUT2D eigenvalue weighted by atomic mass is 9.91. The largest absolute Gasteiger partial charge is 0.462 e. The Morgan fingerprint density at radius 1 is 1.60 bits per heavy atom. The Kier molecular flexibility index (Phi) is 5.24. The predicted molar refractivity (Wildman–Crippen MR) is 76.1 cm³/mol. The van der Waals surface area contributed by atoms with Gasteiger partial charge in [0.2, 0.25) is 0 Å². The molecule has 1 aliphatic heterocycles. The van der Waals surface area contributed by atoms with E-state index in [2.05, 4.69) is 0 Å². The van der Waals surface area contributed by atoms with Gasteiger partial charge in [0, 0.05) is 23.3 Å². The minimum atomic E-state index is -0.563. The quantitative estimate of drug-likeness (QED) is 0.603. The van der Waals surface area contributed by atoms with Crippen LogP contribution in [-0.4, -0.2) is 34.5 Å². The van der Waals surface area contributed by atoms with Crippen LogP contribution in [-0.2, 0) is 9.53 Å². The van der Waals surface area contributed by atoms with Gasteiger partial charge < -0.3 is 14.9 Å². The number of fused-ring (bicyclic) bond motifs is 1. The van der Waals surface area contributed by atoms with E-state index in [9.17, 15) is 15.0 Å². The molecule has 5 atom stereocenters. The maximum atomic E-state index is 11.3. The zero-order valence-corrected chi connectivity index (χ0v) is 12.3. The number of allylic oxidation sites excluding steroid dienone is 2. The van der Waals surface area contributed by atoms with Gasteiger partial charge in [-0.1, -0.05) is 29.8 Å². The summed E-state index contributed by atoms with van der Waals surface area (Å²) in [5.41, 5.74) is 0. The number of hydrogen-bond donors (Lipinski definition) is 2. The van der Waals surface area contributed by atoms with Crippen molar-refractivity contribution >= 4 is 17.6 Å². The van der Waals surface area contributed by atoms with E-state index < -0.39 is 12.2 Å². The Labute approximate surface area is 124 Å². The lowest BCUT2D eigenvalue weighted by molar-refractivity contribution is -0.141. The fourth-order valence-electron chi connectivity index (χ4n) is 2.99. The van der Waals surface area contributed by atoms with Crippen molar-refractivity contribution < 1.29 is 19.7 Å². The minimum Gasteiger partial charge on any atom is -0.462 e. The maximum Gasteiger partial charge on any atom is 0.306 e. The summed E-state index contributed by atoms with van der Waals surface area (Å²) in [5, 5.41) is 20.6. The zero-order valence-electron chi connectivity index (χ0n) is 11.5. The van der Waals surface area contributed by atoms with Gasteiger partial charge in [0.05, 0.1) is 18.6 Å². The average Bonchev–Trinajstić information content (AvgIpc) is 2.81. The van der Waals surface area contributed by atoms with Gasteiger partial charge in [-0.2, -0.15) is 0 Å². The summed E-state index contributed by atoms with van der Waals surface area (Å²) in [7, 11) is 0. The third-order valence-corrected chi connectivity index (χ3v) is 4.17. The minimum absolute atomic E-state index is 0.0472. The molecule has 2 aliphatic rings. The van der Waals surface area contributed by atoms with Crippen molar-refractivity contribution in [3.63, 3.8) is 0 Å². The molecule has 0 aromatic heterocycles. The van der Waals surface area contributed by atoms with Crippen LogP contribution in [0.3, 0.4) is 0 Å². The van der Waals surface area contributed by atoms with Crippen molar-refractivity contribution in [1.29, 1.82) is 0 Å². The number of hydrogen-bond acceptors (Lipinski definition) is 4. The summed E-state index contributed by atoms with van der Waals surface area (Å²) in [6, 6.07) is 0. The number of aliphatic hydroxyl groups excluding tert-OH is 2. The van der Waals surface area contributed by atoms with Crippen LogP contribution in [0.15, 0.2) is 23.3 Å². The molecule has 0 amide bonds. The van der Waals surface area contributed by atoms with Crippen LogP contribution in [0.4, 0.5) is 0 Å². The van der Waals surface area contributed by atoms with E-state index in [0.29, 0.717) is 25.7 Å². The van der Waals surface area contributed by atoms with Crippen LogP contribution in [0.2, 0.25) is 0 Å². The van der Waals surface area contributed by atoms with Gasteiger partial charge in [0.25, 0.3) is 0 Å². The Balaban J connectivity index is 1.86. The van der Waals surface area contributed by atoms with Gasteiger partial charge in [-0.05, 0) is 19.8 Å². The molecule has 2 fully saturated rings. The van der Waals surface area contributed by atoms with E-state index in [4.69, 9.17) is 16.3 Å². The molecule has 0 aromatic carbocycles. The van der Waals surface area contributed by atoms with E-state index in [1.807, 2.05) is 12.2 Å². The average molecular weight is 301 g/mol. The Hall–Kier alpha value is -0.840. The van der Waals surface area contributed by atoms with Crippen LogP contribution in [0.1, 0.15) is 32.6 Å². The number of aliphatic hydroxyl groups is 2. The molecular formula is C15H21ClO4. The summed E-state index contributed by atoms with van der Waals surface area (Å²) < 4.78 is 5.17. The predicted octanol–water partition coefficient (Wildman–Crippen LogP) is 2.14. The van der Waals surface area contributed by atoms with Crippen LogP contribution < -0.4 is 0 Å². The van der Waals surface area contributed by atoms with Crippen molar-refractivity contribution in [2.24, 2.45) is 11.8 Å². The van der Waals surface area contributed by atoms with Crippen molar-refractivity contribution in [2.45, 2.75) is 50.9 Å². The van der Waals surface area contributed by atoms with E-state index in [1.54, 1.807) is 13.0 Å². The zero-order chi connectivity index (χ0) is 14.7. The number of ether oxygens (including phenoxy) is 1. The lowest BCUT2D eigenvalue weighted by Crippen LogP contribution is -2.18. The van der Waals surface area contributed by atoms with Gasteiger partial charge in [-0.3, -0.25) is 4.79 Å². The second-order valence-corrected chi connectivity index (χ2v) is 6.19. The smallest absolute Gasteiger partial charge is 0.306 e. The first-order chi connectivity index (χ1) is 9.47. The van der Waals surface area contributed by atoms with Crippen molar-refractivity contribution in [3.05, 3.63) is 23.3 Å². The first-order valence-corrected chi connectivity index (χ1v) is 7.41. The summed E-state index contributed by atoms with van der Waals surface area (Å²) in [5.74, 6) is -0.245. The van der Waals surface area contributed by atoms with Gasteiger partial charge in [-0.25, -0.2) is 0 Å².